The number of hydrogen-bond donors (Lipinski definition) is 1. The van der Waals surface area contributed by atoms with Crippen LogP contribution < -0.4 is 4.72 Å². The summed E-state index contributed by atoms with van der Waals surface area (Å²) in [5, 5.41) is 0. The molecule has 2 aliphatic heterocycles. The maximum absolute atomic E-state index is 12.9. The lowest BCUT2D eigenvalue weighted by Gasteiger charge is -2.39. The number of nitrogens with one attached hydrogen (secondary N) is 1. The summed E-state index contributed by atoms with van der Waals surface area (Å²) in [6, 6.07) is 6.77. The average Bonchev–Trinajstić information content (AvgIpc) is 2.72. The van der Waals surface area contributed by atoms with Crippen molar-refractivity contribution in [1.82, 2.24) is 14.5 Å². The molecule has 0 radical (unpaired) electrons. The summed E-state index contributed by atoms with van der Waals surface area (Å²) < 4.78 is 27.9. The van der Waals surface area contributed by atoms with Gasteiger partial charge >= 0.3 is 0 Å². The van der Waals surface area contributed by atoms with Crippen LogP contribution in [0, 0.1) is 18.8 Å². The summed E-state index contributed by atoms with van der Waals surface area (Å²) in [4.78, 5) is 17.5. The molecular weight excluding hydrogens is 386 g/mol. The van der Waals surface area contributed by atoms with Gasteiger partial charge in [0.25, 0.3) is 0 Å². The fourth-order valence-electron chi connectivity index (χ4n) is 4.29. The Bertz CT molecular complexity index is 786. The van der Waals surface area contributed by atoms with Gasteiger partial charge in [-0.25, -0.2) is 13.1 Å². The van der Waals surface area contributed by atoms with Crippen LogP contribution in [0.2, 0.25) is 0 Å². The molecular formula is C22H35N3O3S. The number of sulfonamides is 1. The first kappa shape index (κ1) is 22.2. The summed E-state index contributed by atoms with van der Waals surface area (Å²) in [6.07, 6.45) is 4.14. The van der Waals surface area contributed by atoms with E-state index in [0.29, 0.717) is 17.4 Å². The lowest BCUT2D eigenvalue weighted by Crippen LogP contribution is -2.52. The number of amides is 1. The normalized spacial score (nSPS) is 23.1. The maximum Gasteiger partial charge on any atom is 0.240 e. The molecule has 1 N–H and O–H groups in total. The Hall–Kier alpha value is -1.44. The smallest absolute Gasteiger partial charge is 0.240 e. The van der Waals surface area contributed by atoms with E-state index in [1.807, 2.05) is 30.9 Å². The first-order chi connectivity index (χ1) is 13.8. The second kappa shape index (κ2) is 9.58. The van der Waals surface area contributed by atoms with Gasteiger partial charge < -0.3 is 4.90 Å². The van der Waals surface area contributed by atoms with Crippen molar-refractivity contribution < 1.29 is 13.2 Å². The van der Waals surface area contributed by atoms with Gasteiger partial charge in [0.2, 0.25) is 15.9 Å². The molecule has 2 aliphatic rings. The Morgan fingerprint density at radius 2 is 1.79 bits per heavy atom. The van der Waals surface area contributed by atoms with E-state index in [9.17, 15) is 13.2 Å². The summed E-state index contributed by atoms with van der Waals surface area (Å²) in [5.41, 5.74) is 1.04. The predicted molar refractivity (Wildman–Crippen MR) is 115 cm³/mol. The van der Waals surface area contributed by atoms with Gasteiger partial charge in [-0.1, -0.05) is 24.6 Å². The van der Waals surface area contributed by atoms with Crippen LogP contribution in [0.3, 0.4) is 0 Å². The third kappa shape index (κ3) is 5.80. The van der Waals surface area contributed by atoms with E-state index in [-0.39, 0.29) is 17.9 Å². The fourth-order valence-corrected chi connectivity index (χ4v) is 5.41. The van der Waals surface area contributed by atoms with Gasteiger partial charge in [0.15, 0.2) is 0 Å². The molecule has 0 saturated carbocycles. The summed E-state index contributed by atoms with van der Waals surface area (Å²) in [5.74, 6) is 1.15. The van der Waals surface area contributed by atoms with Crippen LogP contribution in [0.4, 0.5) is 0 Å². The number of piperidine rings is 2. The van der Waals surface area contributed by atoms with Gasteiger partial charge in [0.1, 0.15) is 0 Å². The minimum Gasteiger partial charge on any atom is -0.341 e. The number of likely N-dealkylation sites (tertiary alicyclic amines) is 2. The third-order valence-corrected chi connectivity index (χ3v) is 7.88. The van der Waals surface area contributed by atoms with Gasteiger partial charge in [-0.15, -0.1) is 0 Å². The van der Waals surface area contributed by atoms with Gasteiger partial charge in [-0.3, -0.25) is 9.69 Å². The molecule has 1 aromatic rings. The number of hydrogen-bond acceptors (Lipinski definition) is 4. The Labute approximate surface area is 175 Å². The van der Waals surface area contributed by atoms with Crippen molar-refractivity contribution in [1.29, 1.82) is 0 Å². The average molecular weight is 422 g/mol. The highest BCUT2D eigenvalue weighted by atomic mass is 32.2. The summed E-state index contributed by atoms with van der Waals surface area (Å²) in [7, 11) is -3.50. The molecule has 7 heteroatoms. The molecule has 6 nitrogen and oxygen atoms in total. The standard InChI is InChI=1S/C22H35N3O3S/c1-17-6-8-21(9-7-17)29(27,28)23-15-20-5-4-12-25(16-20)19(3)22(26)24-13-10-18(2)11-14-24/h6-9,18-20,23H,4-5,10-16H2,1-3H3. The molecule has 0 spiro atoms. The van der Waals surface area contributed by atoms with E-state index < -0.39 is 10.0 Å². The van der Waals surface area contributed by atoms with Crippen LogP contribution in [-0.4, -0.2) is 62.9 Å². The number of carbonyl (C=O) groups excluding carboxylic acids is 1. The quantitative estimate of drug-likeness (QED) is 0.767. The van der Waals surface area contributed by atoms with Crippen molar-refractivity contribution >= 4 is 15.9 Å². The lowest BCUT2D eigenvalue weighted by molar-refractivity contribution is -0.138. The highest BCUT2D eigenvalue weighted by Gasteiger charge is 2.31. The monoisotopic (exact) mass is 421 g/mol. The van der Waals surface area contributed by atoms with Crippen LogP contribution >= 0.6 is 0 Å². The first-order valence-electron chi connectivity index (χ1n) is 10.9. The van der Waals surface area contributed by atoms with Crippen LogP contribution in [0.1, 0.15) is 45.1 Å². The van der Waals surface area contributed by atoms with Crippen LogP contribution in [-0.2, 0) is 14.8 Å². The van der Waals surface area contributed by atoms with Crippen molar-refractivity contribution in [3.05, 3.63) is 29.8 Å². The van der Waals surface area contributed by atoms with E-state index >= 15 is 0 Å². The summed E-state index contributed by atoms with van der Waals surface area (Å²) >= 11 is 0. The van der Waals surface area contributed by atoms with Gasteiger partial charge in [0.05, 0.1) is 10.9 Å². The van der Waals surface area contributed by atoms with Crippen molar-refractivity contribution in [3.8, 4) is 0 Å². The zero-order chi connectivity index (χ0) is 21.0. The number of benzene rings is 1. The molecule has 0 bridgehead atoms. The number of aryl methyl sites for hydroxylation is 1. The SMILES string of the molecule is Cc1ccc(S(=O)(=O)NCC2CCCN(C(C)C(=O)N3CCC(C)CC3)C2)cc1. The molecule has 0 aromatic heterocycles. The van der Waals surface area contributed by atoms with E-state index in [4.69, 9.17) is 0 Å². The molecule has 3 rings (SSSR count). The van der Waals surface area contributed by atoms with E-state index in [2.05, 4.69) is 16.5 Å². The Kier molecular flexibility index (Phi) is 7.35. The largest absolute Gasteiger partial charge is 0.341 e. The third-order valence-electron chi connectivity index (χ3n) is 6.44. The van der Waals surface area contributed by atoms with Crippen LogP contribution in [0.25, 0.3) is 0 Å². The minimum absolute atomic E-state index is 0.139. The molecule has 2 fully saturated rings. The molecule has 29 heavy (non-hydrogen) atoms. The molecule has 2 unspecified atom stereocenters. The molecule has 2 saturated heterocycles. The van der Waals surface area contributed by atoms with Gasteiger partial charge in [0, 0.05) is 26.2 Å². The highest BCUT2D eigenvalue weighted by molar-refractivity contribution is 7.89. The van der Waals surface area contributed by atoms with Gasteiger partial charge in [-0.05, 0) is 70.0 Å². The first-order valence-corrected chi connectivity index (χ1v) is 12.3. The molecule has 0 aliphatic carbocycles. The zero-order valence-electron chi connectivity index (χ0n) is 17.9. The van der Waals surface area contributed by atoms with Crippen molar-refractivity contribution in [2.75, 3.05) is 32.7 Å². The summed E-state index contributed by atoms with van der Waals surface area (Å²) in [6.45, 7) is 9.97. The molecule has 162 valence electrons. The van der Waals surface area contributed by atoms with E-state index in [1.165, 1.54) is 0 Å². The van der Waals surface area contributed by atoms with E-state index in [1.54, 1.807) is 12.1 Å². The minimum atomic E-state index is -3.50. The molecule has 2 atom stereocenters. The topological polar surface area (TPSA) is 69.7 Å². The number of nitrogens with zero attached hydrogens (tertiary/aromatic N) is 2. The zero-order valence-corrected chi connectivity index (χ0v) is 18.7. The van der Waals surface area contributed by atoms with Crippen molar-refractivity contribution in [2.24, 2.45) is 11.8 Å². The van der Waals surface area contributed by atoms with Crippen molar-refractivity contribution in [2.45, 2.75) is 57.4 Å². The lowest BCUT2D eigenvalue weighted by atomic mass is 9.96. The Morgan fingerprint density at radius 3 is 2.45 bits per heavy atom. The van der Waals surface area contributed by atoms with E-state index in [0.717, 1.165) is 57.4 Å². The second-order valence-electron chi connectivity index (χ2n) is 8.85. The Morgan fingerprint density at radius 1 is 1.14 bits per heavy atom. The molecule has 1 aromatic carbocycles. The van der Waals surface area contributed by atoms with Gasteiger partial charge in [-0.2, -0.15) is 0 Å². The number of carbonyl (C=O) groups is 1. The highest BCUT2D eigenvalue weighted by Crippen LogP contribution is 2.22. The predicted octanol–water partition coefficient (Wildman–Crippen LogP) is 2.63. The number of rotatable bonds is 6. The molecule has 2 heterocycles. The van der Waals surface area contributed by atoms with Crippen LogP contribution in [0.15, 0.2) is 29.2 Å². The Balaban J connectivity index is 1.53. The maximum atomic E-state index is 12.9. The fraction of sp³-hybridized carbons (Fsp3) is 0.682. The van der Waals surface area contributed by atoms with Crippen molar-refractivity contribution in [3.63, 3.8) is 0 Å². The second-order valence-corrected chi connectivity index (χ2v) is 10.6. The molecule has 1 amide bonds. The van der Waals surface area contributed by atoms with Crippen LogP contribution in [0.5, 0.6) is 0 Å².